The van der Waals surface area contributed by atoms with Crippen molar-refractivity contribution in [1.29, 1.82) is 0 Å². The van der Waals surface area contributed by atoms with Crippen LogP contribution in [-0.4, -0.2) is 36.2 Å². The van der Waals surface area contributed by atoms with Gasteiger partial charge in [0.05, 0.1) is 28.8 Å². The summed E-state index contributed by atoms with van der Waals surface area (Å²) in [5.74, 6) is -0.534. The first kappa shape index (κ1) is 26.5. The van der Waals surface area contributed by atoms with Gasteiger partial charge in [0.1, 0.15) is 5.75 Å². The molecule has 1 N–H and O–H groups in total. The number of nitro benzene ring substituents is 1. The van der Waals surface area contributed by atoms with Crippen molar-refractivity contribution in [2.45, 2.75) is 13.0 Å². The summed E-state index contributed by atoms with van der Waals surface area (Å²) in [6.45, 7) is 1.51. The van der Waals surface area contributed by atoms with Crippen molar-refractivity contribution >= 4 is 47.0 Å². The van der Waals surface area contributed by atoms with E-state index in [1.807, 2.05) is 0 Å². The maximum absolute atomic E-state index is 12.5. The van der Waals surface area contributed by atoms with Crippen molar-refractivity contribution in [2.75, 3.05) is 7.11 Å². The van der Waals surface area contributed by atoms with Crippen LogP contribution in [0, 0.1) is 10.1 Å². The number of hydrazone groups is 1. The molecule has 0 radical (unpaired) electrons. The number of rotatable bonds is 9. The molecule has 10 nitrogen and oxygen atoms in total. The number of esters is 1. The lowest BCUT2D eigenvalue weighted by atomic mass is 10.2. The maximum atomic E-state index is 12.5. The van der Waals surface area contributed by atoms with Gasteiger partial charge in [0, 0.05) is 17.2 Å². The summed E-state index contributed by atoms with van der Waals surface area (Å²) in [5, 5.41) is 15.1. The van der Waals surface area contributed by atoms with Crippen LogP contribution < -0.4 is 19.6 Å². The molecule has 0 aromatic heterocycles. The average Bonchev–Trinajstić information content (AvgIpc) is 2.84. The molecule has 186 valence electrons. The molecule has 1 unspecified atom stereocenters. The van der Waals surface area contributed by atoms with E-state index >= 15 is 0 Å². The molecule has 1 atom stereocenters. The number of nitro groups is 1. The van der Waals surface area contributed by atoms with Crippen LogP contribution in [0.15, 0.2) is 65.8 Å². The molecule has 1 amide bonds. The van der Waals surface area contributed by atoms with E-state index in [2.05, 4.69) is 10.5 Å². The van der Waals surface area contributed by atoms with E-state index < -0.39 is 22.9 Å². The minimum atomic E-state index is -0.917. The quantitative estimate of drug-likeness (QED) is 0.134. The van der Waals surface area contributed by atoms with Gasteiger partial charge in [-0.1, -0.05) is 23.2 Å². The van der Waals surface area contributed by atoms with Gasteiger partial charge >= 0.3 is 5.97 Å². The number of non-ortho nitro benzene ring substituents is 1. The Morgan fingerprint density at radius 3 is 2.42 bits per heavy atom. The molecule has 0 saturated carbocycles. The number of carbonyl (C=O) groups is 2. The zero-order valence-corrected chi connectivity index (χ0v) is 20.4. The molecule has 0 bridgehead atoms. The topological polar surface area (TPSA) is 129 Å². The van der Waals surface area contributed by atoms with E-state index in [1.165, 1.54) is 68.8 Å². The number of benzene rings is 3. The van der Waals surface area contributed by atoms with Crippen molar-refractivity contribution < 1.29 is 28.7 Å². The maximum Gasteiger partial charge on any atom is 0.345 e. The van der Waals surface area contributed by atoms with E-state index in [9.17, 15) is 19.7 Å². The molecule has 3 rings (SSSR count). The second kappa shape index (κ2) is 12.0. The highest BCUT2D eigenvalue weighted by molar-refractivity contribution is 6.36. The normalized spacial score (nSPS) is 11.6. The Labute approximate surface area is 215 Å². The number of methoxy groups -OCH3 is 1. The Hall–Kier alpha value is -4.15. The summed E-state index contributed by atoms with van der Waals surface area (Å²) in [7, 11) is 1.40. The fourth-order valence-electron chi connectivity index (χ4n) is 2.82. The van der Waals surface area contributed by atoms with E-state index in [4.69, 9.17) is 37.4 Å². The van der Waals surface area contributed by atoms with Gasteiger partial charge in [0.2, 0.25) is 0 Å². The first-order valence-corrected chi connectivity index (χ1v) is 11.0. The van der Waals surface area contributed by atoms with Crippen LogP contribution in [0.1, 0.15) is 22.8 Å². The van der Waals surface area contributed by atoms with Crippen molar-refractivity contribution in [1.82, 2.24) is 5.43 Å². The molecule has 0 fully saturated rings. The molecule has 12 heteroatoms. The zero-order valence-electron chi connectivity index (χ0n) is 18.9. The first-order valence-electron chi connectivity index (χ1n) is 10.3. The van der Waals surface area contributed by atoms with Crippen LogP contribution in [0.2, 0.25) is 10.0 Å². The number of amides is 1. The molecular formula is C24H19Cl2N3O7. The van der Waals surface area contributed by atoms with Crippen LogP contribution in [0.25, 0.3) is 0 Å². The smallest absolute Gasteiger partial charge is 0.345 e. The highest BCUT2D eigenvalue weighted by atomic mass is 35.5. The van der Waals surface area contributed by atoms with Crippen LogP contribution in [-0.2, 0) is 4.79 Å². The van der Waals surface area contributed by atoms with Gasteiger partial charge in [-0.3, -0.25) is 14.9 Å². The number of carbonyl (C=O) groups excluding carboxylic acids is 2. The van der Waals surface area contributed by atoms with Crippen LogP contribution in [0.3, 0.4) is 0 Å². The molecule has 0 saturated heterocycles. The molecule has 0 aliphatic rings. The lowest BCUT2D eigenvalue weighted by Crippen LogP contribution is -2.33. The number of nitrogens with one attached hydrogen (secondary N) is 1. The highest BCUT2D eigenvalue weighted by Gasteiger charge is 2.17. The third-order valence-corrected chi connectivity index (χ3v) is 5.21. The highest BCUT2D eigenvalue weighted by Crippen LogP contribution is 2.30. The summed E-state index contributed by atoms with van der Waals surface area (Å²) >= 11 is 11.9. The molecule has 3 aromatic carbocycles. The summed E-state index contributed by atoms with van der Waals surface area (Å²) in [4.78, 5) is 34.9. The second-order valence-electron chi connectivity index (χ2n) is 7.17. The minimum Gasteiger partial charge on any atom is -0.493 e. The average molecular weight is 532 g/mol. The van der Waals surface area contributed by atoms with Crippen molar-refractivity contribution in [2.24, 2.45) is 5.10 Å². The second-order valence-corrected chi connectivity index (χ2v) is 8.01. The van der Waals surface area contributed by atoms with Gasteiger partial charge in [-0.05, 0) is 61.0 Å². The predicted octanol–water partition coefficient (Wildman–Crippen LogP) is 5.05. The van der Waals surface area contributed by atoms with Crippen molar-refractivity contribution in [3.05, 3.63) is 92.0 Å². The molecule has 0 spiro atoms. The third-order valence-electron chi connectivity index (χ3n) is 4.66. The Bertz CT molecular complexity index is 1310. The number of hydrogen-bond donors (Lipinski definition) is 1. The minimum absolute atomic E-state index is 0.0888. The van der Waals surface area contributed by atoms with Gasteiger partial charge in [-0.15, -0.1) is 0 Å². The summed E-state index contributed by atoms with van der Waals surface area (Å²) in [6, 6.07) is 14.4. The Kier molecular flexibility index (Phi) is 8.82. The summed E-state index contributed by atoms with van der Waals surface area (Å²) < 4.78 is 16.1. The number of halogens is 2. The largest absolute Gasteiger partial charge is 0.493 e. The fourth-order valence-corrected chi connectivity index (χ4v) is 3.31. The standard InChI is InChI=1S/C24H19Cl2N3O7/c1-14(35-18-7-5-17(6-8-18)29(32)33)23(30)28-27-13-15-3-10-21(22(11-15)34-2)36-24(31)19-9-4-16(25)12-20(19)26/h3-14H,1-2H3,(H,28,30)/b27-13+. The van der Waals surface area contributed by atoms with E-state index in [0.29, 0.717) is 16.3 Å². The van der Waals surface area contributed by atoms with E-state index in [1.54, 1.807) is 12.1 Å². The first-order chi connectivity index (χ1) is 17.2. The van der Waals surface area contributed by atoms with Gasteiger partial charge in [-0.25, -0.2) is 10.2 Å². The fraction of sp³-hybridized carbons (Fsp3) is 0.125. The molecule has 0 aliphatic carbocycles. The number of nitrogens with zero attached hydrogens (tertiary/aromatic N) is 2. The molecular weight excluding hydrogens is 513 g/mol. The molecule has 3 aromatic rings. The third kappa shape index (κ3) is 6.94. The Morgan fingerprint density at radius 2 is 1.78 bits per heavy atom. The Morgan fingerprint density at radius 1 is 1.06 bits per heavy atom. The van der Waals surface area contributed by atoms with Gasteiger partial charge in [-0.2, -0.15) is 5.10 Å². The van der Waals surface area contributed by atoms with Crippen LogP contribution in [0.4, 0.5) is 5.69 Å². The van der Waals surface area contributed by atoms with Gasteiger partial charge < -0.3 is 14.2 Å². The molecule has 0 heterocycles. The van der Waals surface area contributed by atoms with Crippen LogP contribution in [0.5, 0.6) is 17.2 Å². The summed E-state index contributed by atoms with van der Waals surface area (Å²) in [6.07, 6.45) is 0.445. The van der Waals surface area contributed by atoms with Crippen LogP contribution >= 0.6 is 23.2 Å². The van der Waals surface area contributed by atoms with E-state index in [-0.39, 0.29) is 27.8 Å². The van der Waals surface area contributed by atoms with Gasteiger partial charge in [0.25, 0.3) is 11.6 Å². The number of ether oxygens (including phenoxy) is 3. The lowest BCUT2D eigenvalue weighted by molar-refractivity contribution is -0.384. The van der Waals surface area contributed by atoms with Crippen molar-refractivity contribution in [3.8, 4) is 17.2 Å². The molecule has 36 heavy (non-hydrogen) atoms. The predicted molar refractivity (Wildman–Crippen MR) is 133 cm³/mol. The lowest BCUT2D eigenvalue weighted by Gasteiger charge is -2.12. The van der Waals surface area contributed by atoms with Crippen molar-refractivity contribution in [3.63, 3.8) is 0 Å². The monoisotopic (exact) mass is 531 g/mol. The zero-order chi connectivity index (χ0) is 26.2. The summed E-state index contributed by atoms with van der Waals surface area (Å²) in [5.41, 5.74) is 2.94. The molecule has 0 aliphatic heterocycles. The van der Waals surface area contributed by atoms with Gasteiger partial charge in [0.15, 0.2) is 17.6 Å². The number of hydrogen-bond acceptors (Lipinski definition) is 8. The SMILES string of the molecule is COc1cc(/C=N/NC(=O)C(C)Oc2ccc([N+](=O)[O-])cc2)ccc1OC(=O)c1ccc(Cl)cc1Cl. The Balaban J connectivity index is 1.60. The van der Waals surface area contributed by atoms with E-state index in [0.717, 1.165) is 0 Å².